The summed E-state index contributed by atoms with van der Waals surface area (Å²) in [5, 5.41) is 3.25. The third kappa shape index (κ3) is 3.78. The van der Waals surface area contributed by atoms with Gasteiger partial charge in [-0.05, 0) is 11.6 Å². The number of hydrogen-bond acceptors (Lipinski definition) is 11. The summed E-state index contributed by atoms with van der Waals surface area (Å²) in [5.41, 5.74) is 6.46. The largest absolute Gasteiger partial charge is 0.417 e. The number of amides is 2. The maximum Gasteiger partial charge on any atom is 0.358 e. The predicted molar refractivity (Wildman–Crippen MR) is 124 cm³/mol. The van der Waals surface area contributed by atoms with Crippen molar-refractivity contribution in [3.63, 3.8) is 0 Å². The Morgan fingerprint density at radius 3 is 2.77 bits per heavy atom. The van der Waals surface area contributed by atoms with Crippen molar-refractivity contribution in [3.8, 4) is 0 Å². The molecule has 0 saturated carbocycles. The minimum Gasteiger partial charge on any atom is -0.417 e. The Labute approximate surface area is 206 Å². The molecule has 178 valence electrons. The van der Waals surface area contributed by atoms with Gasteiger partial charge >= 0.3 is 11.9 Å². The standard InChI is InChI=1S/C22H16N4O7S2/c1-2-9-7-34-18-13(25-16(28)15(27)12-8-35-22(23)24-12)17(29)26(18)14(9)20(31)33-21-11-6-4-3-5-10(11)19(30)32-21/h2-6,8,13,18,21H,1,7H2,(H2,23,24)(H,25,28)/t13?,18-,21?/m1/s1. The first-order valence-corrected chi connectivity index (χ1v) is 12.1. The second-order valence-corrected chi connectivity index (χ2v) is 9.56. The summed E-state index contributed by atoms with van der Waals surface area (Å²) in [7, 11) is 0. The number of nitrogens with zero attached hydrogens (tertiary/aromatic N) is 2. The van der Waals surface area contributed by atoms with Crippen molar-refractivity contribution in [2.24, 2.45) is 0 Å². The van der Waals surface area contributed by atoms with Crippen LogP contribution in [0, 0.1) is 0 Å². The summed E-state index contributed by atoms with van der Waals surface area (Å²) in [6.45, 7) is 3.70. The molecule has 11 nitrogen and oxygen atoms in total. The van der Waals surface area contributed by atoms with Crippen LogP contribution in [-0.2, 0) is 23.9 Å². The summed E-state index contributed by atoms with van der Waals surface area (Å²) in [5.74, 6) is -3.74. The van der Waals surface area contributed by atoms with Crippen molar-refractivity contribution in [3.05, 3.63) is 70.4 Å². The van der Waals surface area contributed by atoms with Gasteiger partial charge in [0.2, 0.25) is 0 Å². The fourth-order valence-corrected chi connectivity index (χ4v) is 5.74. The van der Waals surface area contributed by atoms with E-state index in [4.69, 9.17) is 15.2 Å². The molecule has 3 N–H and O–H groups in total. The number of carbonyl (C=O) groups is 5. The molecule has 3 aliphatic rings. The number of nitrogens with one attached hydrogen (secondary N) is 1. The van der Waals surface area contributed by atoms with Crippen LogP contribution >= 0.6 is 23.1 Å². The second-order valence-electron chi connectivity index (χ2n) is 7.57. The van der Waals surface area contributed by atoms with Gasteiger partial charge in [0.25, 0.3) is 23.9 Å². The van der Waals surface area contributed by atoms with Gasteiger partial charge in [-0.1, -0.05) is 30.9 Å². The maximum absolute atomic E-state index is 13.1. The molecule has 3 aliphatic heterocycles. The molecular weight excluding hydrogens is 496 g/mol. The first-order valence-electron chi connectivity index (χ1n) is 10.2. The summed E-state index contributed by atoms with van der Waals surface area (Å²) < 4.78 is 10.6. The van der Waals surface area contributed by atoms with E-state index >= 15 is 0 Å². The summed E-state index contributed by atoms with van der Waals surface area (Å²) >= 11 is 2.30. The molecule has 1 aromatic carbocycles. The van der Waals surface area contributed by atoms with Gasteiger partial charge in [-0.3, -0.25) is 19.3 Å². The lowest BCUT2D eigenvalue weighted by molar-refractivity contribution is -0.168. The van der Waals surface area contributed by atoms with E-state index in [-0.39, 0.29) is 22.1 Å². The number of esters is 2. The van der Waals surface area contributed by atoms with Crippen LogP contribution in [0.5, 0.6) is 0 Å². The smallest absolute Gasteiger partial charge is 0.358 e. The van der Waals surface area contributed by atoms with E-state index < -0.39 is 47.2 Å². The molecule has 5 rings (SSSR count). The van der Waals surface area contributed by atoms with Gasteiger partial charge in [-0.15, -0.1) is 23.1 Å². The maximum atomic E-state index is 13.1. The van der Waals surface area contributed by atoms with Crippen LogP contribution in [0.4, 0.5) is 5.13 Å². The lowest BCUT2D eigenvalue weighted by atomic mass is 10.0. The van der Waals surface area contributed by atoms with Crippen molar-refractivity contribution in [1.82, 2.24) is 15.2 Å². The van der Waals surface area contributed by atoms with Gasteiger partial charge in [0.1, 0.15) is 22.8 Å². The Bertz CT molecular complexity index is 1350. The van der Waals surface area contributed by atoms with E-state index in [1.165, 1.54) is 28.1 Å². The zero-order valence-corrected chi connectivity index (χ0v) is 19.4. The molecule has 0 bridgehead atoms. The number of fused-ring (bicyclic) bond motifs is 2. The first-order chi connectivity index (χ1) is 16.8. The molecule has 1 saturated heterocycles. The van der Waals surface area contributed by atoms with Crippen molar-refractivity contribution >= 4 is 57.8 Å². The van der Waals surface area contributed by atoms with E-state index in [0.717, 1.165) is 11.3 Å². The molecule has 2 aromatic rings. The average Bonchev–Trinajstić information content (AvgIpc) is 3.43. The van der Waals surface area contributed by atoms with Crippen molar-refractivity contribution in [2.45, 2.75) is 17.7 Å². The van der Waals surface area contributed by atoms with Crippen LogP contribution in [0.2, 0.25) is 0 Å². The fraction of sp³-hybridized carbons (Fsp3) is 0.182. The molecule has 35 heavy (non-hydrogen) atoms. The molecule has 0 spiro atoms. The van der Waals surface area contributed by atoms with E-state index in [1.54, 1.807) is 24.3 Å². The van der Waals surface area contributed by atoms with Crippen LogP contribution in [0.15, 0.2) is 53.6 Å². The zero-order valence-electron chi connectivity index (χ0n) is 17.8. The molecular formula is C22H16N4O7S2. The molecule has 0 radical (unpaired) electrons. The van der Waals surface area contributed by atoms with Gasteiger partial charge in [0.05, 0.1) is 5.56 Å². The normalized spacial score (nSPS) is 22.5. The SMILES string of the molecule is C=CC1=C(C(=O)OC2OC(=O)c3ccccc32)N2C(=O)C(NC(=O)C(=O)c3csc(N)n3)[C@H]2SC1. The third-order valence-corrected chi connectivity index (χ3v) is 7.52. The summed E-state index contributed by atoms with van der Waals surface area (Å²) in [4.78, 5) is 67.8. The van der Waals surface area contributed by atoms with Crippen molar-refractivity contribution < 1.29 is 33.4 Å². The number of hydrogen-bond donors (Lipinski definition) is 2. The number of carbonyl (C=O) groups excluding carboxylic acids is 5. The number of anilines is 1. The highest BCUT2D eigenvalue weighted by atomic mass is 32.2. The quantitative estimate of drug-likeness (QED) is 0.249. The Morgan fingerprint density at radius 1 is 1.29 bits per heavy atom. The zero-order chi connectivity index (χ0) is 24.9. The van der Waals surface area contributed by atoms with E-state index in [2.05, 4.69) is 16.9 Å². The first kappa shape index (κ1) is 22.8. The highest BCUT2D eigenvalue weighted by molar-refractivity contribution is 8.00. The number of nitrogen functional groups attached to an aromatic ring is 1. The van der Waals surface area contributed by atoms with E-state index in [1.807, 2.05) is 0 Å². The average molecular weight is 513 g/mol. The highest BCUT2D eigenvalue weighted by Gasteiger charge is 2.55. The number of Topliss-reactive ketones (excluding diaryl/α,β-unsaturated/α-hetero) is 1. The van der Waals surface area contributed by atoms with Crippen LogP contribution in [0.1, 0.15) is 32.7 Å². The number of nitrogens with two attached hydrogens (primary N) is 1. The lowest BCUT2D eigenvalue weighted by Crippen LogP contribution is -2.71. The van der Waals surface area contributed by atoms with Gasteiger partial charge in [0.15, 0.2) is 5.13 Å². The molecule has 13 heteroatoms. The molecule has 2 unspecified atom stereocenters. The number of aromatic nitrogens is 1. The topological polar surface area (TPSA) is 158 Å². The van der Waals surface area contributed by atoms with Gasteiger partial charge in [0, 0.05) is 16.7 Å². The van der Waals surface area contributed by atoms with Crippen LogP contribution in [-0.4, -0.2) is 56.6 Å². The Kier molecular flexibility index (Phi) is 5.65. The highest BCUT2D eigenvalue weighted by Crippen LogP contribution is 2.42. The van der Waals surface area contributed by atoms with Crippen molar-refractivity contribution in [2.75, 3.05) is 11.5 Å². The van der Waals surface area contributed by atoms with Crippen LogP contribution < -0.4 is 11.1 Å². The number of thiazole rings is 1. The summed E-state index contributed by atoms with van der Waals surface area (Å²) in [6, 6.07) is 5.46. The number of thioether (sulfide) groups is 1. The molecule has 4 heterocycles. The molecule has 0 aliphatic carbocycles. The minimum absolute atomic E-state index is 0.0571. The third-order valence-electron chi connectivity index (χ3n) is 5.55. The number of benzene rings is 1. The Hall–Kier alpha value is -3.97. The number of β-lactam (4-membered cyclic amide) rings is 1. The molecule has 2 amide bonds. The van der Waals surface area contributed by atoms with Crippen molar-refractivity contribution in [1.29, 1.82) is 0 Å². The van der Waals surface area contributed by atoms with Gasteiger partial charge < -0.3 is 20.5 Å². The molecule has 1 fully saturated rings. The van der Waals surface area contributed by atoms with Crippen LogP contribution in [0.3, 0.4) is 0 Å². The molecule has 1 aromatic heterocycles. The lowest BCUT2D eigenvalue weighted by Gasteiger charge is -2.49. The summed E-state index contributed by atoms with van der Waals surface area (Å²) in [6.07, 6.45) is 0.178. The minimum atomic E-state index is -1.26. The number of allylic oxidation sites excluding steroid dienone is 1. The Balaban J connectivity index is 1.32. The number of cyclic esters (lactones) is 1. The fourth-order valence-electron chi connectivity index (χ4n) is 3.86. The monoisotopic (exact) mass is 512 g/mol. The number of ether oxygens (including phenoxy) is 2. The van der Waals surface area contributed by atoms with E-state index in [9.17, 15) is 24.0 Å². The predicted octanol–water partition coefficient (Wildman–Crippen LogP) is 1.16. The number of rotatable bonds is 6. The second kappa shape index (κ2) is 8.67. The van der Waals surface area contributed by atoms with Crippen LogP contribution in [0.25, 0.3) is 0 Å². The Morgan fingerprint density at radius 2 is 2.06 bits per heavy atom. The van der Waals surface area contributed by atoms with Gasteiger partial charge in [-0.2, -0.15) is 0 Å². The number of ketones is 1. The van der Waals surface area contributed by atoms with Gasteiger partial charge in [-0.25, -0.2) is 14.6 Å². The molecule has 3 atom stereocenters. The van der Waals surface area contributed by atoms with E-state index in [0.29, 0.717) is 16.9 Å².